The zero-order chi connectivity index (χ0) is 16.3. The van der Waals surface area contributed by atoms with Crippen LogP contribution in [0.5, 0.6) is 0 Å². The van der Waals surface area contributed by atoms with Gasteiger partial charge in [-0.1, -0.05) is 30.3 Å². The van der Waals surface area contributed by atoms with Gasteiger partial charge in [0, 0.05) is 0 Å². The second kappa shape index (κ2) is 6.55. The van der Waals surface area contributed by atoms with E-state index in [1.807, 2.05) is 0 Å². The molecule has 0 bridgehead atoms. The minimum atomic E-state index is -2.24. The van der Waals surface area contributed by atoms with Crippen LogP contribution >= 0.6 is 0 Å². The average molecular weight is 315 g/mol. The Morgan fingerprint density at radius 3 is 1.86 bits per heavy atom. The summed E-state index contributed by atoms with van der Waals surface area (Å²) < 4.78 is 66.2. The molecule has 1 N–H and O–H groups in total. The van der Waals surface area contributed by atoms with E-state index in [0.717, 1.165) is 0 Å². The smallest absolute Gasteiger partial charge is 0.200 e. The molecule has 0 spiro atoms. The average Bonchev–Trinajstić information content (AvgIpc) is 2.55. The molecule has 116 valence electrons. The van der Waals surface area contributed by atoms with Crippen LogP contribution in [0.15, 0.2) is 30.3 Å². The van der Waals surface area contributed by atoms with Gasteiger partial charge in [-0.15, -0.1) is 0 Å². The van der Waals surface area contributed by atoms with Gasteiger partial charge in [0.1, 0.15) is 12.0 Å². The van der Waals surface area contributed by atoms with Crippen molar-refractivity contribution in [1.82, 2.24) is 0 Å². The fourth-order valence-electron chi connectivity index (χ4n) is 1.92. The molecule has 0 aliphatic heterocycles. The highest BCUT2D eigenvalue weighted by Gasteiger charge is 2.27. The Morgan fingerprint density at radius 2 is 1.36 bits per heavy atom. The van der Waals surface area contributed by atoms with Gasteiger partial charge in [-0.05, 0) is 12.0 Å². The quantitative estimate of drug-likeness (QED) is 0.395. The van der Waals surface area contributed by atoms with Crippen LogP contribution in [0, 0.1) is 29.1 Å². The second-order valence-electron chi connectivity index (χ2n) is 4.52. The molecule has 0 aliphatic rings. The van der Waals surface area contributed by atoms with Crippen LogP contribution in [0.2, 0.25) is 0 Å². The largest absolute Gasteiger partial charge is 0.370 e. The van der Waals surface area contributed by atoms with Gasteiger partial charge in [0.2, 0.25) is 5.82 Å². The van der Waals surface area contributed by atoms with E-state index < -0.39 is 40.8 Å². The van der Waals surface area contributed by atoms with Gasteiger partial charge in [-0.2, -0.15) is 0 Å². The van der Waals surface area contributed by atoms with Crippen molar-refractivity contribution >= 4 is 12.0 Å². The van der Waals surface area contributed by atoms with E-state index >= 15 is 0 Å². The minimum Gasteiger partial charge on any atom is -0.370 e. The number of aldehydes is 1. The molecule has 22 heavy (non-hydrogen) atoms. The summed E-state index contributed by atoms with van der Waals surface area (Å²) >= 11 is 0. The first-order valence-electron chi connectivity index (χ1n) is 6.23. The van der Waals surface area contributed by atoms with Crippen molar-refractivity contribution in [2.75, 3.05) is 5.32 Å². The Labute approximate surface area is 122 Å². The summed E-state index contributed by atoms with van der Waals surface area (Å²) in [7, 11) is 0. The first-order chi connectivity index (χ1) is 10.5. The van der Waals surface area contributed by atoms with Gasteiger partial charge >= 0.3 is 0 Å². The zero-order valence-corrected chi connectivity index (χ0v) is 11.0. The highest BCUT2D eigenvalue weighted by atomic mass is 19.2. The van der Waals surface area contributed by atoms with E-state index in [0.29, 0.717) is 11.8 Å². The predicted molar refractivity (Wildman–Crippen MR) is 69.9 cm³/mol. The Balaban J connectivity index is 2.31. The fourth-order valence-corrected chi connectivity index (χ4v) is 1.92. The Bertz CT molecular complexity index is 661. The maximum absolute atomic E-state index is 13.5. The molecule has 1 atom stereocenters. The van der Waals surface area contributed by atoms with Crippen molar-refractivity contribution in [3.05, 3.63) is 65.0 Å². The van der Waals surface area contributed by atoms with Crippen molar-refractivity contribution in [2.24, 2.45) is 0 Å². The summed E-state index contributed by atoms with van der Waals surface area (Å²) in [5.74, 6) is -10.4. The molecule has 7 heteroatoms. The van der Waals surface area contributed by atoms with E-state index in [1.165, 1.54) is 0 Å². The highest BCUT2D eigenvalue weighted by molar-refractivity contribution is 5.65. The number of rotatable bonds is 5. The molecule has 2 rings (SSSR count). The molecule has 2 aromatic carbocycles. The van der Waals surface area contributed by atoms with Crippen LogP contribution in [-0.2, 0) is 11.2 Å². The van der Waals surface area contributed by atoms with Crippen molar-refractivity contribution in [1.29, 1.82) is 0 Å². The van der Waals surface area contributed by atoms with Crippen LogP contribution < -0.4 is 5.32 Å². The molecule has 0 aliphatic carbocycles. The van der Waals surface area contributed by atoms with Crippen LogP contribution in [0.3, 0.4) is 0 Å². The van der Waals surface area contributed by atoms with E-state index in [2.05, 4.69) is 5.32 Å². The normalized spacial score (nSPS) is 12.0. The van der Waals surface area contributed by atoms with Crippen LogP contribution in [0.25, 0.3) is 0 Å². The Hall–Kier alpha value is -2.44. The lowest BCUT2D eigenvalue weighted by Gasteiger charge is -2.16. The van der Waals surface area contributed by atoms with Gasteiger partial charge in [-0.25, -0.2) is 22.0 Å². The van der Waals surface area contributed by atoms with Gasteiger partial charge in [0.05, 0.1) is 6.04 Å². The molecule has 0 radical (unpaired) electrons. The number of carbonyl (C=O) groups is 1. The molecule has 0 saturated carbocycles. The number of halogens is 5. The predicted octanol–water partition coefficient (Wildman–Crippen LogP) is 3.60. The summed E-state index contributed by atoms with van der Waals surface area (Å²) in [6.45, 7) is 0. The van der Waals surface area contributed by atoms with Crippen molar-refractivity contribution in [3.8, 4) is 0 Å². The molecule has 0 unspecified atom stereocenters. The molecule has 0 fully saturated rings. The number of nitrogens with one attached hydrogen (secondary N) is 1. The zero-order valence-electron chi connectivity index (χ0n) is 11.0. The van der Waals surface area contributed by atoms with Gasteiger partial charge in [-0.3, -0.25) is 0 Å². The first-order valence-corrected chi connectivity index (χ1v) is 6.23. The maximum Gasteiger partial charge on any atom is 0.200 e. The lowest BCUT2D eigenvalue weighted by Crippen LogP contribution is -2.26. The van der Waals surface area contributed by atoms with Gasteiger partial charge < -0.3 is 10.1 Å². The maximum atomic E-state index is 13.5. The van der Waals surface area contributed by atoms with Crippen LogP contribution in [-0.4, -0.2) is 12.3 Å². The van der Waals surface area contributed by atoms with E-state index in [9.17, 15) is 26.7 Å². The standard InChI is InChI=1S/C15H10F5NO/c16-10-11(17)13(19)15(14(20)12(10)18)21-9(7-22)6-8-4-2-1-3-5-8/h1-5,7,9,21H,6H2/t9-/m1/s1. The molecular formula is C15H10F5NO. The Morgan fingerprint density at radius 1 is 0.864 bits per heavy atom. The topological polar surface area (TPSA) is 29.1 Å². The van der Waals surface area contributed by atoms with Gasteiger partial charge in [0.25, 0.3) is 0 Å². The summed E-state index contributed by atoms with van der Waals surface area (Å²) in [6.07, 6.45) is 0.370. The minimum absolute atomic E-state index is 0.0316. The summed E-state index contributed by atoms with van der Waals surface area (Å²) in [6, 6.07) is 7.30. The summed E-state index contributed by atoms with van der Waals surface area (Å²) in [5, 5.41) is 2.06. The molecule has 2 nitrogen and oxygen atoms in total. The van der Waals surface area contributed by atoms with Gasteiger partial charge in [0.15, 0.2) is 23.3 Å². The number of anilines is 1. The third-order valence-corrected chi connectivity index (χ3v) is 3.00. The van der Waals surface area contributed by atoms with Crippen molar-refractivity contribution in [3.63, 3.8) is 0 Å². The lowest BCUT2D eigenvalue weighted by molar-refractivity contribution is -0.108. The van der Waals surface area contributed by atoms with E-state index in [4.69, 9.17) is 0 Å². The second-order valence-corrected chi connectivity index (χ2v) is 4.52. The summed E-state index contributed by atoms with van der Waals surface area (Å²) in [4.78, 5) is 11.0. The monoisotopic (exact) mass is 315 g/mol. The lowest BCUT2D eigenvalue weighted by atomic mass is 10.1. The molecule has 2 aromatic rings. The molecular weight excluding hydrogens is 305 g/mol. The van der Waals surface area contributed by atoms with Crippen LogP contribution in [0.4, 0.5) is 27.6 Å². The highest BCUT2D eigenvalue weighted by Crippen LogP contribution is 2.27. The van der Waals surface area contributed by atoms with Crippen molar-refractivity contribution < 1.29 is 26.7 Å². The fraction of sp³-hybridized carbons (Fsp3) is 0.133. The number of hydrogen-bond acceptors (Lipinski definition) is 2. The molecule has 0 saturated heterocycles. The SMILES string of the molecule is O=C[C@@H](Cc1ccccc1)Nc1c(F)c(F)c(F)c(F)c1F. The molecule has 0 aromatic heterocycles. The third-order valence-electron chi connectivity index (χ3n) is 3.00. The van der Waals surface area contributed by atoms with E-state index in [1.54, 1.807) is 30.3 Å². The van der Waals surface area contributed by atoms with Crippen LogP contribution in [0.1, 0.15) is 5.56 Å². The first kappa shape index (κ1) is 15.9. The summed E-state index contributed by atoms with van der Waals surface area (Å²) in [5.41, 5.74) is -0.555. The third kappa shape index (κ3) is 3.08. The molecule has 0 heterocycles. The number of benzene rings is 2. The molecule has 0 amide bonds. The number of carbonyl (C=O) groups excluding carboxylic acids is 1. The van der Waals surface area contributed by atoms with Crippen molar-refractivity contribution in [2.45, 2.75) is 12.5 Å². The number of hydrogen-bond donors (Lipinski definition) is 1. The Kier molecular flexibility index (Phi) is 4.75. The van der Waals surface area contributed by atoms with E-state index in [-0.39, 0.29) is 6.42 Å².